The summed E-state index contributed by atoms with van der Waals surface area (Å²) in [4.78, 5) is 37.4. The molecule has 9 heteroatoms. The van der Waals surface area contributed by atoms with E-state index in [1.165, 1.54) is 22.9 Å². The van der Waals surface area contributed by atoms with Gasteiger partial charge in [-0.3, -0.25) is 9.59 Å². The molecule has 0 radical (unpaired) electrons. The lowest BCUT2D eigenvalue weighted by Gasteiger charge is -2.31. The number of benzene rings is 2. The minimum atomic E-state index is -0.996. The van der Waals surface area contributed by atoms with Crippen molar-refractivity contribution in [2.24, 2.45) is 0 Å². The third kappa shape index (κ3) is 4.80. The Morgan fingerprint density at radius 1 is 0.971 bits per heavy atom. The standard InChI is InChI=1S/C26H24F2N4O3/c27-20-8-6-15(11-21(20)28)14-32-10-2-5-19(25(32)34)24(33)29-18-4-1-3-16(12-18)17-7-9-22-23(13-17)31-26(35)30-22/h1-6,8,10-12,17,22-23H,7,9,13-14H2,(H,29,33)(H2,30,31,35). The van der Waals surface area contributed by atoms with E-state index in [4.69, 9.17) is 0 Å². The van der Waals surface area contributed by atoms with Crippen molar-refractivity contribution in [3.8, 4) is 0 Å². The van der Waals surface area contributed by atoms with E-state index < -0.39 is 23.1 Å². The van der Waals surface area contributed by atoms with E-state index in [-0.39, 0.29) is 36.1 Å². The summed E-state index contributed by atoms with van der Waals surface area (Å²) in [5, 5.41) is 8.70. The van der Waals surface area contributed by atoms with Crippen LogP contribution in [0.3, 0.4) is 0 Å². The van der Waals surface area contributed by atoms with Crippen LogP contribution in [0.15, 0.2) is 65.6 Å². The van der Waals surface area contributed by atoms with Crippen molar-refractivity contribution in [3.63, 3.8) is 0 Å². The third-order valence-corrected chi connectivity index (χ3v) is 6.70. The number of nitrogens with one attached hydrogen (secondary N) is 3. The SMILES string of the molecule is O=C1NC2CCC(c3cccc(NC(=O)c4cccn(Cc5ccc(F)c(F)c5)c4=O)c3)CC2N1. The first-order valence-electron chi connectivity index (χ1n) is 11.5. The Balaban J connectivity index is 1.30. The second-order valence-corrected chi connectivity index (χ2v) is 9.02. The molecule has 1 saturated heterocycles. The molecule has 0 spiro atoms. The van der Waals surface area contributed by atoms with Gasteiger partial charge in [0, 0.05) is 11.9 Å². The first-order valence-corrected chi connectivity index (χ1v) is 11.5. The van der Waals surface area contributed by atoms with E-state index in [2.05, 4.69) is 16.0 Å². The van der Waals surface area contributed by atoms with Gasteiger partial charge in [0.15, 0.2) is 11.6 Å². The van der Waals surface area contributed by atoms with E-state index >= 15 is 0 Å². The molecular formula is C26H24F2N4O3. The van der Waals surface area contributed by atoms with Crippen molar-refractivity contribution in [2.75, 3.05) is 5.32 Å². The lowest BCUT2D eigenvalue weighted by atomic mass is 9.79. The van der Waals surface area contributed by atoms with Crippen LogP contribution in [0.2, 0.25) is 0 Å². The number of urea groups is 1. The molecule has 3 unspecified atom stereocenters. The summed E-state index contributed by atoms with van der Waals surface area (Å²) in [5.74, 6) is -2.26. The summed E-state index contributed by atoms with van der Waals surface area (Å²) >= 11 is 0. The van der Waals surface area contributed by atoms with Crippen molar-refractivity contribution < 1.29 is 18.4 Å². The number of hydrogen-bond donors (Lipinski definition) is 3. The number of halogens is 2. The van der Waals surface area contributed by atoms with Gasteiger partial charge in [0.1, 0.15) is 5.56 Å². The molecule has 0 bridgehead atoms. The molecule has 3 N–H and O–H groups in total. The molecule has 2 aliphatic rings. The Labute approximate surface area is 200 Å². The number of carbonyl (C=O) groups is 2. The van der Waals surface area contributed by atoms with Crippen LogP contribution < -0.4 is 21.5 Å². The molecule has 2 fully saturated rings. The molecule has 180 valence electrons. The maximum atomic E-state index is 13.5. The number of anilines is 1. The van der Waals surface area contributed by atoms with E-state index in [9.17, 15) is 23.2 Å². The second-order valence-electron chi connectivity index (χ2n) is 9.02. The van der Waals surface area contributed by atoms with Gasteiger partial charge in [-0.1, -0.05) is 18.2 Å². The van der Waals surface area contributed by atoms with Gasteiger partial charge in [-0.2, -0.15) is 0 Å². The van der Waals surface area contributed by atoms with Gasteiger partial charge < -0.3 is 20.5 Å². The number of nitrogens with zero attached hydrogens (tertiary/aromatic N) is 1. The molecule has 1 aliphatic heterocycles. The average molecular weight is 478 g/mol. The van der Waals surface area contributed by atoms with Crippen LogP contribution in [0, 0.1) is 11.6 Å². The minimum Gasteiger partial charge on any atom is -0.333 e. The highest BCUT2D eigenvalue weighted by molar-refractivity contribution is 6.04. The van der Waals surface area contributed by atoms with Crippen LogP contribution in [0.1, 0.15) is 46.7 Å². The zero-order chi connectivity index (χ0) is 24.5. The molecule has 5 rings (SSSR count). The first-order chi connectivity index (χ1) is 16.9. The zero-order valence-electron chi connectivity index (χ0n) is 18.8. The highest BCUT2D eigenvalue weighted by Crippen LogP contribution is 2.35. The number of fused-ring (bicyclic) bond motifs is 1. The Hall–Kier alpha value is -4.01. The lowest BCUT2D eigenvalue weighted by molar-refractivity contribution is 0.102. The van der Waals surface area contributed by atoms with E-state index in [0.29, 0.717) is 11.3 Å². The van der Waals surface area contributed by atoms with Gasteiger partial charge in [0.25, 0.3) is 11.5 Å². The Bertz CT molecular complexity index is 1360. The highest BCUT2D eigenvalue weighted by Gasteiger charge is 2.37. The molecule has 1 aliphatic carbocycles. The van der Waals surface area contributed by atoms with Crippen molar-refractivity contribution >= 4 is 17.6 Å². The normalized spacial score (nSPS) is 21.1. The molecule has 3 atom stereocenters. The highest BCUT2D eigenvalue weighted by atomic mass is 19.2. The van der Waals surface area contributed by atoms with Crippen LogP contribution in [0.4, 0.5) is 19.3 Å². The minimum absolute atomic E-state index is 0.00186. The number of pyridine rings is 1. The quantitative estimate of drug-likeness (QED) is 0.522. The van der Waals surface area contributed by atoms with Crippen molar-refractivity contribution in [3.05, 3.63) is 99.5 Å². The fourth-order valence-corrected chi connectivity index (χ4v) is 4.92. The maximum Gasteiger partial charge on any atom is 0.315 e. The summed E-state index contributed by atoms with van der Waals surface area (Å²) in [5.41, 5.74) is 1.44. The summed E-state index contributed by atoms with van der Waals surface area (Å²) in [6, 6.07) is 14.1. The van der Waals surface area contributed by atoms with Crippen molar-refractivity contribution in [1.82, 2.24) is 15.2 Å². The van der Waals surface area contributed by atoms with Gasteiger partial charge >= 0.3 is 6.03 Å². The molecule has 1 aromatic heterocycles. The maximum absolute atomic E-state index is 13.5. The monoisotopic (exact) mass is 478 g/mol. The lowest BCUT2D eigenvalue weighted by Crippen LogP contribution is -2.38. The molecule has 2 heterocycles. The van der Waals surface area contributed by atoms with Gasteiger partial charge in [-0.25, -0.2) is 13.6 Å². The molecule has 1 saturated carbocycles. The number of aromatic nitrogens is 1. The fraction of sp³-hybridized carbons (Fsp3) is 0.269. The zero-order valence-corrected chi connectivity index (χ0v) is 18.8. The number of carbonyl (C=O) groups excluding carboxylic acids is 2. The first kappa shape index (κ1) is 22.8. The Kier molecular flexibility index (Phi) is 6.07. The topological polar surface area (TPSA) is 92.2 Å². The molecule has 7 nitrogen and oxygen atoms in total. The van der Waals surface area contributed by atoms with Crippen LogP contribution in [0.25, 0.3) is 0 Å². The molecule has 35 heavy (non-hydrogen) atoms. The Morgan fingerprint density at radius 3 is 2.63 bits per heavy atom. The summed E-state index contributed by atoms with van der Waals surface area (Å²) in [7, 11) is 0. The number of amides is 3. The van der Waals surface area contributed by atoms with Crippen molar-refractivity contribution in [1.29, 1.82) is 0 Å². The summed E-state index contributed by atoms with van der Waals surface area (Å²) in [6.07, 6.45) is 4.11. The predicted octanol–water partition coefficient (Wildman–Crippen LogP) is 3.74. The van der Waals surface area contributed by atoms with Gasteiger partial charge in [0.2, 0.25) is 0 Å². The van der Waals surface area contributed by atoms with Crippen LogP contribution in [-0.4, -0.2) is 28.6 Å². The largest absolute Gasteiger partial charge is 0.333 e. The van der Waals surface area contributed by atoms with E-state index in [1.54, 1.807) is 12.1 Å². The van der Waals surface area contributed by atoms with Crippen LogP contribution in [-0.2, 0) is 6.54 Å². The molecular weight excluding hydrogens is 454 g/mol. The van der Waals surface area contributed by atoms with Crippen molar-refractivity contribution in [2.45, 2.75) is 43.8 Å². The van der Waals surface area contributed by atoms with Gasteiger partial charge in [-0.05, 0) is 72.7 Å². The Morgan fingerprint density at radius 2 is 1.80 bits per heavy atom. The average Bonchev–Trinajstić information content (AvgIpc) is 3.22. The smallest absolute Gasteiger partial charge is 0.315 e. The summed E-state index contributed by atoms with van der Waals surface area (Å²) < 4.78 is 28.0. The van der Waals surface area contributed by atoms with Gasteiger partial charge in [-0.15, -0.1) is 0 Å². The molecule has 2 aromatic carbocycles. The van der Waals surface area contributed by atoms with Crippen LogP contribution in [0.5, 0.6) is 0 Å². The predicted molar refractivity (Wildman–Crippen MR) is 126 cm³/mol. The molecule has 3 amide bonds. The van der Waals surface area contributed by atoms with E-state index in [1.807, 2.05) is 18.2 Å². The fourth-order valence-electron chi connectivity index (χ4n) is 4.92. The van der Waals surface area contributed by atoms with Crippen LogP contribution >= 0.6 is 0 Å². The number of rotatable bonds is 5. The number of hydrogen-bond acceptors (Lipinski definition) is 3. The second kappa shape index (κ2) is 9.32. The summed E-state index contributed by atoms with van der Waals surface area (Å²) in [6.45, 7) is 0.00186. The molecule has 3 aromatic rings. The van der Waals surface area contributed by atoms with Gasteiger partial charge in [0.05, 0.1) is 18.6 Å². The third-order valence-electron chi connectivity index (χ3n) is 6.70. The van der Waals surface area contributed by atoms with E-state index in [0.717, 1.165) is 37.0 Å².